The van der Waals surface area contributed by atoms with E-state index in [-0.39, 0.29) is 11.8 Å². The van der Waals surface area contributed by atoms with E-state index < -0.39 is 0 Å². The van der Waals surface area contributed by atoms with Crippen LogP contribution in [0.3, 0.4) is 0 Å². The SMILES string of the molecule is C=CCN(CC=C)CCN1CCN(C(=O)NCc2ccc(F)cc2)CC1. The molecule has 0 bridgehead atoms. The molecule has 1 saturated heterocycles. The largest absolute Gasteiger partial charge is 0.334 e. The van der Waals surface area contributed by atoms with Crippen LogP contribution >= 0.6 is 0 Å². The molecule has 1 N–H and O–H groups in total. The van der Waals surface area contributed by atoms with Gasteiger partial charge in [0.05, 0.1) is 0 Å². The number of nitrogens with zero attached hydrogens (tertiary/aromatic N) is 3. The fourth-order valence-electron chi connectivity index (χ4n) is 2.97. The van der Waals surface area contributed by atoms with Crippen LogP contribution in [0.4, 0.5) is 9.18 Å². The molecule has 2 amide bonds. The molecule has 5 nitrogen and oxygen atoms in total. The standard InChI is InChI=1S/C20H29FN4O/c1-3-9-23(10-4-2)11-12-24-13-15-25(16-14-24)20(26)22-17-18-5-7-19(21)8-6-18/h3-8H,1-2,9-17H2,(H,22,26). The van der Waals surface area contributed by atoms with Crippen molar-refractivity contribution < 1.29 is 9.18 Å². The molecule has 0 spiro atoms. The Morgan fingerprint density at radius 1 is 1.12 bits per heavy atom. The maximum absolute atomic E-state index is 12.9. The molecular weight excluding hydrogens is 331 g/mol. The predicted octanol–water partition coefficient (Wildman–Crippen LogP) is 2.33. The van der Waals surface area contributed by atoms with Gasteiger partial charge in [-0.3, -0.25) is 9.80 Å². The first-order valence-corrected chi connectivity index (χ1v) is 9.06. The molecule has 1 aliphatic heterocycles. The first-order valence-electron chi connectivity index (χ1n) is 9.06. The summed E-state index contributed by atoms with van der Waals surface area (Å²) in [5, 5.41) is 2.90. The second kappa shape index (κ2) is 10.7. The van der Waals surface area contributed by atoms with E-state index in [1.807, 2.05) is 17.1 Å². The maximum atomic E-state index is 12.9. The van der Waals surface area contributed by atoms with Crippen molar-refractivity contribution in [2.75, 3.05) is 52.4 Å². The number of carbonyl (C=O) groups is 1. The van der Waals surface area contributed by atoms with Crippen molar-refractivity contribution >= 4 is 6.03 Å². The van der Waals surface area contributed by atoms with Crippen LogP contribution in [0.5, 0.6) is 0 Å². The highest BCUT2D eigenvalue weighted by Gasteiger charge is 2.20. The summed E-state index contributed by atoms with van der Waals surface area (Å²) in [7, 11) is 0. The van der Waals surface area contributed by atoms with Crippen LogP contribution < -0.4 is 5.32 Å². The summed E-state index contributed by atoms with van der Waals surface area (Å²) in [6.07, 6.45) is 3.82. The maximum Gasteiger partial charge on any atom is 0.317 e. The lowest BCUT2D eigenvalue weighted by Gasteiger charge is -2.35. The van der Waals surface area contributed by atoms with E-state index in [0.717, 1.165) is 57.9 Å². The molecule has 1 aromatic rings. The zero-order valence-electron chi connectivity index (χ0n) is 15.4. The number of rotatable bonds is 9. The summed E-state index contributed by atoms with van der Waals surface area (Å²) in [5.74, 6) is -0.268. The number of benzene rings is 1. The van der Waals surface area contributed by atoms with Gasteiger partial charge in [-0.05, 0) is 17.7 Å². The number of urea groups is 1. The predicted molar refractivity (Wildman–Crippen MR) is 103 cm³/mol. The molecule has 6 heteroatoms. The molecule has 142 valence electrons. The highest BCUT2D eigenvalue weighted by atomic mass is 19.1. The molecule has 1 aliphatic rings. The quantitative estimate of drug-likeness (QED) is 0.687. The minimum atomic E-state index is -0.268. The Bertz CT molecular complexity index is 572. The molecule has 0 saturated carbocycles. The zero-order valence-corrected chi connectivity index (χ0v) is 15.4. The second-order valence-electron chi connectivity index (χ2n) is 6.45. The third-order valence-electron chi connectivity index (χ3n) is 4.52. The molecule has 0 radical (unpaired) electrons. The third kappa shape index (κ3) is 6.61. The Morgan fingerprint density at radius 3 is 2.31 bits per heavy atom. The van der Waals surface area contributed by atoms with Gasteiger partial charge in [-0.2, -0.15) is 0 Å². The average Bonchev–Trinajstić information content (AvgIpc) is 2.66. The zero-order chi connectivity index (χ0) is 18.8. The number of carbonyl (C=O) groups excluding carboxylic acids is 1. The second-order valence-corrected chi connectivity index (χ2v) is 6.45. The van der Waals surface area contributed by atoms with Crippen LogP contribution in [0.25, 0.3) is 0 Å². The van der Waals surface area contributed by atoms with Gasteiger partial charge in [0.2, 0.25) is 0 Å². The van der Waals surface area contributed by atoms with Crippen LogP contribution in [0.1, 0.15) is 5.56 Å². The van der Waals surface area contributed by atoms with Gasteiger partial charge in [-0.25, -0.2) is 9.18 Å². The number of amides is 2. The molecule has 2 rings (SSSR count). The third-order valence-corrected chi connectivity index (χ3v) is 4.52. The normalized spacial score (nSPS) is 15.1. The topological polar surface area (TPSA) is 38.8 Å². The summed E-state index contributed by atoms with van der Waals surface area (Å²) in [6, 6.07) is 6.12. The molecule has 1 heterocycles. The van der Waals surface area contributed by atoms with Gasteiger partial charge < -0.3 is 10.2 Å². The summed E-state index contributed by atoms with van der Waals surface area (Å²) < 4.78 is 12.9. The van der Waals surface area contributed by atoms with Crippen molar-refractivity contribution in [3.05, 3.63) is 61.0 Å². The number of hydrogen-bond acceptors (Lipinski definition) is 3. The van der Waals surface area contributed by atoms with E-state index in [4.69, 9.17) is 0 Å². The van der Waals surface area contributed by atoms with E-state index in [1.165, 1.54) is 12.1 Å². The Kier molecular flexibility index (Phi) is 8.31. The van der Waals surface area contributed by atoms with E-state index in [2.05, 4.69) is 28.3 Å². The van der Waals surface area contributed by atoms with Gasteiger partial charge in [0.25, 0.3) is 0 Å². The van der Waals surface area contributed by atoms with Crippen molar-refractivity contribution in [2.24, 2.45) is 0 Å². The van der Waals surface area contributed by atoms with E-state index >= 15 is 0 Å². The lowest BCUT2D eigenvalue weighted by molar-refractivity contribution is 0.130. The highest BCUT2D eigenvalue weighted by molar-refractivity contribution is 5.74. The summed E-state index contributed by atoms with van der Waals surface area (Å²) in [6.45, 7) is 14.9. The van der Waals surface area contributed by atoms with Gasteiger partial charge >= 0.3 is 6.03 Å². The fraction of sp³-hybridized carbons (Fsp3) is 0.450. The van der Waals surface area contributed by atoms with Crippen molar-refractivity contribution in [1.29, 1.82) is 0 Å². The monoisotopic (exact) mass is 360 g/mol. The molecular formula is C20H29FN4O. The van der Waals surface area contributed by atoms with Crippen molar-refractivity contribution in [3.63, 3.8) is 0 Å². The smallest absolute Gasteiger partial charge is 0.317 e. The first kappa shape index (κ1) is 20.1. The number of halogens is 1. The van der Waals surface area contributed by atoms with Crippen LogP contribution in [0, 0.1) is 5.82 Å². The van der Waals surface area contributed by atoms with Gasteiger partial charge in [0.15, 0.2) is 0 Å². The Morgan fingerprint density at radius 2 is 1.73 bits per heavy atom. The minimum Gasteiger partial charge on any atom is -0.334 e. The Labute approximate surface area is 155 Å². The summed E-state index contributed by atoms with van der Waals surface area (Å²) in [4.78, 5) is 18.8. The van der Waals surface area contributed by atoms with Crippen molar-refractivity contribution in [3.8, 4) is 0 Å². The summed E-state index contributed by atoms with van der Waals surface area (Å²) >= 11 is 0. The molecule has 1 aromatic carbocycles. The van der Waals surface area contributed by atoms with Crippen molar-refractivity contribution in [1.82, 2.24) is 20.0 Å². The van der Waals surface area contributed by atoms with Gasteiger partial charge in [0, 0.05) is 58.9 Å². The molecule has 26 heavy (non-hydrogen) atoms. The number of nitrogens with one attached hydrogen (secondary N) is 1. The number of hydrogen-bond donors (Lipinski definition) is 1. The highest BCUT2D eigenvalue weighted by Crippen LogP contribution is 2.05. The molecule has 0 unspecified atom stereocenters. The molecule has 0 atom stereocenters. The van der Waals surface area contributed by atoms with E-state index in [1.54, 1.807) is 12.1 Å². The fourth-order valence-corrected chi connectivity index (χ4v) is 2.97. The van der Waals surface area contributed by atoms with Gasteiger partial charge in [0.1, 0.15) is 5.82 Å². The molecule has 1 fully saturated rings. The minimum absolute atomic E-state index is 0.0612. The van der Waals surface area contributed by atoms with Gasteiger partial charge in [-0.15, -0.1) is 13.2 Å². The number of piperazine rings is 1. The van der Waals surface area contributed by atoms with Gasteiger partial charge in [-0.1, -0.05) is 24.3 Å². The Hall–Kier alpha value is -2.18. The Balaban J connectivity index is 1.68. The first-order chi connectivity index (χ1) is 12.6. The van der Waals surface area contributed by atoms with Crippen LogP contribution in [-0.2, 0) is 6.54 Å². The summed E-state index contributed by atoms with van der Waals surface area (Å²) in [5.41, 5.74) is 0.892. The van der Waals surface area contributed by atoms with Crippen LogP contribution in [0.15, 0.2) is 49.6 Å². The average molecular weight is 360 g/mol. The van der Waals surface area contributed by atoms with E-state index in [0.29, 0.717) is 6.54 Å². The van der Waals surface area contributed by atoms with Crippen molar-refractivity contribution in [2.45, 2.75) is 6.54 Å². The molecule has 0 aromatic heterocycles. The van der Waals surface area contributed by atoms with Crippen LogP contribution in [0.2, 0.25) is 0 Å². The van der Waals surface area contributed by atoms with E-state index in [9.17, 15) is 9.18 Å². The van der Waals surface area contributed by atoms with Crippen LogP contribution in [-0.4, -0.2) is 73.1 Å². The lowest BCUT2D eigenvalue weighted by atomic mass is 10.2. The molecule has 0 aliphatic carbocycles. The lowest BCUT2D eigenvalue weighted by Crippen LogP contribution is -2.52.